The lowest BCUT2D eigenvalue weighted by molar-refractivity contribution is -0.148. The second kappa shape index (κ2) is 4.79. The lowest BCUT2D eigenvalue weighted by atomic mass is 9.81. The molecule has 0 saturated carbocycles. The van der Waals surface area contributed by atoms with Crippen molar-refractivity contribution in [3.8, 4) is 0 Å². The number of carbonyl (C=O) groups is 1. The molecule has 2 nitrogen and oxygen atoms in total. The lowest BCUT2D eigenvalue weighted by Crippen LogP contribution is -2.29. The molecule has 1 aromatic rings. The Morgan fingerprint density at radius 3 is 2.33 bits per heavy atom. The summed E-state index contributed by atoms with van der Waals surface area (Å²) in [4.78, 5) is 11.1. The van der Waals surface area contributed by atoms with Gasteiger partial charge < -0.3 is 5.11 Å². The molecule has 1 unspecified atom stereocenters. The number of hydrogen-bond donors (Lipinski definition) is 1. The number of carboxylic acid groups (broad SMARTS) is 1. The van der Waals surface area contributed by atoms with Crippen LogP contribution in [0.3, 0.4) is 0 Å². The first-order valence-electron chi connectivity index (χ1n) is 4.96. The van der Waals surface area contributed by atoms with Crippen molar-refractivity contribution in [2.45, 2.75) is 26.7 Å². The molecule has 0 aliphatic rings. The Morgan fingerprint density at radius 1 is 1.40 bits per heavy atom. The van der Waals surface area contributed by atoms with Gasteiger partial charge in [0.1, 0.15) is 0 Å². The summed E-state index contributed by atoms with van der Waals surface area (Å²) in [7, 11) is 0. The fourth-order valence-corrected chi connectivity index (χ4v) is 1.67. The van der Waals surface area contributed by atoms with Crippen molar-refractivity contribution in [1.82, 2.24) is 0 Å². The molecule has 3 heteroatoms. The third-order valence-corrected chi connectivity index (χ3v) is 3.33. The summed E-state index contributed by atoms with van der Waals surface area (Å²) in [6, 6.07) is 7.79. The molecule has 15 heavy (non-hydrogen) atoms. The fourth-order valence-electron chi connectivity index (χ4n) is 1.40. The van der Waals surface area contributed by atoms with Crippen LogP contribution in [0.15, 0.2) is 28.7 Å². The van der Waals surface area contributed by atoms with Crippen LogP contribution in [0.25, 0.3) is 0 Å². The van der Waals surface area contributed by atoms with Crippen molar-refractivity contribution < 1.29 is 9.90 Å². The van der Waals surface area contributed by atoms with Gasteiger partial charge >= 0.3 is 5.97 Å². The molecule has 0 fully saturated rings. The summed E-state index contributed by atoms with van der Waals surface area (Å²) in [5.41, 5.74) is 0.401. The summed E-state index contributed by atoms with van der Waals surface area (Å²) < 4.78 is 1.01. The molecule has 1 rings (SSSR count). The molecule has 0 heterocycles. The smallest absolute Gasteiger partial charge is 0.309 e. The molecular weight excluding hydrogens is 256 g/mol. The van der Waals surface area contributed by atoms with Gasteiger partial charge in [-0.3, -0.25) is 4.79 Å². The number of carboxylic acids is 1. The molecule has 0 bridgehead atoms. The lowest BCUT2D eigenvalue weighted by Gasteiger charge is -2.22. The highest BCUT2D eigenvalue weighted by Crippen LogP contribution is 2.27. The van der Waals surface area contributed by atoms with Gasteiger partial charge in [0.25, 0.3) is 0 Å². The van der Waals surface area contributed by atoms with E-state index >= 15 is 0 Å². The van der Waals surface area contributed by atoms with Crippen molar-refractivity contribution in [3.05, 3.63) is 34.3 Å². The predicted octanol–water partition coefficient (Wildman–Crippen LogP) is 3.49. The zero-order valence-electron chi connectivity index (χ0n) is 8.96. The molecule has 0 radical (unpaired) electrons. The van der Waals surface area contributed by atoms with Crippen LogP contribution in [0.5, 0.6) is 0 Å². The van der Waals surface area contributed by atoms with E-state index in [2.05, 4.69) is 15.9 Å². The maximum atomic E-state index is 11.1. The molecule has 0 saturated heterocycles. The minimum absolute atomic E-state index is 0.576. The van der Waals surface area contributed by atoms with Crippen molar-refractivity contribution in [1.29, 1.82) is 0 Å². The highest BCUT2D eigenvalue weighted by molar-refractivity contribution is 9.10. The van der Waals surface area contributed by atoms with E-state index in [-0.39, 0.29) is 0 Å². The summed E-state index contributed by atoms with van der Waals surface area (Å²) in [6.07, 6.45) is 1.21. The Kier molecular flexibility index (Phi) is 3.91. The first-order valence-corrected chi connectivity index (χ1v) is 5.75. The normalized spacial score (nSPS) is 14.6. The van der Waals surface area contributed by atoms with E-state index in [1.54, 1.807) is 6.92 Å². The predicted molar refractivity (Wildman–Crippen MR) is 63.9 cm³/mol. The molecule has 1 aromatic carbocycles. The molecule has 1 atom stereocenters. The topological polar surface area (TPSA) is 37.3 Å². The van der Waals surface area contributed by atoms with Crippen LogP contribution in [-0.2, 0) is 11.2 Å². The van der Waals surface area contributed by atoms with Gasteiger partial charge in [0.2, 0.25) is 0 Å². The zero-order chi connectivity index (χ0) is 11.5. The second-order valence-corrected chi connectivity index (χ2v) is 4.94. The number of rotatable bonds is 4. The van der Waals surface area contributed by atoms with E-state index in [9.17, 15) is 4.79 Å². The highest BCUT2D eigenvalue weighted by Gasteiger charge is 2.30. The van der Waals surface area contributed by atoms with E-state index in [0.29, 0.717) is 12.8 Å². The Bertz CT molecular complexity index is 345. The third-order valence-electron chi connectivity index (χ3n) is 2.80. The molecular formula is C12H15BrO2. The molecule has 82 valence electrons. The number of halogens is 1. The van der Waals surface area contributed by atoms with Gasteiger partial charge in [0.15, 0.2) is 0 Å². The van der Waals surface area contributed by atoms with Crippen LogP contribution >= 0.6 is 15.9 Å². The number of aliphatic carboxylic acids is 1. The van der Waals surface area contributed by atoms with Crippen LogP contribution < -0.4 is 0 Å². The highest BCUT2D eigenvalue weighted by atomic mass is 79.9. The van der Waals surface area contributed by atoms with E-state index in [1.807, 2.05) is 31.2 Å². The molecule has 0 aliphatic heterocycles. The molecule has 0 aromatic heterocycles. The van der Waals surface area contributed by atoms with Crippen molar-refractivity contribution >= 4 is 21.9 Å². The Morgan fingerprint density at radius 2 is 1.93 bits per heavy atom. The minimum Gasteiger partial charge on any atom is -0.481 e. The Labute approximate surface area is 98.4 Å². The van der Waals surface area contributed by atoms with Crippen LogP contribution in [0.2, 0.25) is 0 Å². The SMILES string of the molecule is CCC(C)(Cc1ccc(Br)cc1)C(=O)O. The minimum atomic E-state index is -0.729. The van der Waals surface area contributed by atoms with Crippen LogP contribution in [0, 0.1) is 5.41 Å². The van der Waals surface area contributed by atoms with Crippen LogP contribution in [0.1, 0.15) is 25.8 Å². The maximum absolute atomic E-state index is 11.1. The largest absolute Gasteiger partial charge is 0.481 e. The summed E-state index contributed by atoms with van der Waals surface area (Å²) in [5, 5.41) is 9.14. The second-order valence-electron chi connectivity index (χ2n) is 4.02. The Balaban J connectivity index is 2.84. The van der Waals surface area contributed by atoms with Crippen molar-refractivity contribution in [2.75, 3.05) is 0 Å². The van der Waals surface area contributed by atoms with Gasteiger partial charge in [0.05, 0.1) is 5.41 Å². The van der Waals surface area contributed by atoms with E-state index in [4.69, 9.17) is 5.11 Å². The zero-order valence-corrected chi connectivity index (χ0v) is 10.5. The standard InChI is InChI=1S/C12H15BrO2/c1-3-12(2,11(14)15)8-9-4-6-10(13)7-5-9/h4-7H,3,8H2,1-2H3,(H,14,15). The summed E-state index contributed by atoms with van der Waals surface area (Å²) >= 11 is 3.35. The maximum Gasteiger partial charge on any atom is 0.309 e. The summed E-state index contributed by atoms with van der Waals surface area (Å²) in [6.45, 7) is 3.70. The molecule has 1 N–H and O–H groups in total. The van der Waals surface area contributed by atoms with Gasteiger partial charge in [-0.1, -0.05) is 35.0 Å². The molecule has 0 aliphatic carbocycles. The van der Waals surface area contributed by atoms with Crippen LogP contribution in [-0.4, -0.2) is 11.1 Å². The quantitative estimate of drug-likeness (QED) is 0.910. The summed E-state index contributed by atoms with van der Waals surface area (Å²) in [5.74, 6) is -0.729. The molecule has 0 spiro atoms. The average molecular weight is 271 g/mol. The van der Waals surface area contributed by atoms with Crippen LogP contribution in [0.4, 0.5) is 0 Å². The van der Waals surface area contributed by atoms with E-state index in [0.717, 1.165) is 10.0 Å². The van der Waals surface area contributed by atoms with E-state index < -0.39 is 11.4 Å². The van der Waals surface area contributed by atoms with Crippen molar-refractivity contribution in [3.63, 3.8) is 0 Å². The first-order chi connectivity index (χ1) is 6.98. The van der Waals surface area contributed by atoms with Gasteiger partial charge in [-0.15, -0.1) is 0 Å². The number of benzene rings is 1. The van der Waals surface area contributed by atoms with Gasteiger partial charge in [0, 0.05) is 4.47 Å². The van der Waals surface area contributed by atoms with E-state index in [1.165, 1.54) is 0 Å². The molecule has 0 amide bonds. The first kappa shape index (κ1) is 12.2. The fraction of sp³-hybridized carbons (Fsp3) is 0.417. The van der Waals surface area contributed by atoms with Crippen molar-refractivity contribution in [2.24, 2.45) is 5.41 Å². The Hall–Kier alpha value is -0.830. The number of hydrogen-bond acceptors (Lipinski definition) is 1. The van der Waals surface area contributed by atoms with Gasteiger partial charge in [-0.05, 0) is 37.5 Å². The van der Waals surface area contributed by atoms with Gasteiger partial charge in [-0.25, -0.2) is 0 Å². The third kappa shape index (κ3) is 3.06. The average Bonchev–Trinajstić information content (AvgIpc) is 2.21. The van der Waals surface area contributed by atoms with Gasteiger partial charge in [-0.2, -0.15) is 0 Å². The monoisotopic (exact) mass is 270 g/mol.